The van der Waals surface area contributed by atoms with Crippen LogP contribution in [0.4, 0.5) is 0 Å². The van der Waals surface area contributed by atoms with Gasteiger partial charge in [-0.15, -0.1) is 0 Å². The molecule has 230 valence electrons. The van der Waals surface area contributed by atoms with Crippen molar-refractivity contribution >= 4 is 8.32 Å². The van der Waals surface area contributed by atoms with Gasteiger partial charge in [0, 0.05) is 36.4 Å². The first-order valence-electron chi connectivity index (χ1n) is 13.5. The fraction of sp³-hybridized carbons (Fsp3) is 0.692. The Morgan fingerprint density at radius 2 is 1.29 bits per heavy atom. The van der Waals surface area contributed by atoms with Gasteiger partial charge in [-0.25, -0.2) is 9.59 Å². The molecule has 2 aliphatic rings. The van der Waals surface area contributed by atoms with Gasteiger partial charge in [0.1, 0.15) is 24.7 Å². The molecular weight excluding hydrogens is 556 g/mol. The van der Waals surface area contributed by atoms with Crippen LogP contribution in [0.5, 0.6) is 0 Å². The number of aliphatic hydroxyl groups excluding tert-OH is 3. The highest BCUT2D eigenvalue weighted by Crippen LogP contribution is 2.37. The molecule has 15 heteroatoms. The van der Waals surface area contributed by atoms with Crippen LogP contribution in [0.1, 0.15) is 57.2 Å². The number of H-pyrrole nitrogens is 2. The van der Waals surface area contributed by atoms with Gasteiger partial charge in [-0.1, -0.05) is 20.8 Å². The van der Waals surface area contributed by atoms with Gasteiger partial charge in [0.25, 0.3) is 11.1 Å². The smallest absolute Gasteiger partial charge is 0.330 e. The molecule has 0 amide bonds. The van der Waals surface area contributed by atoms with E-state index in [-0.39, 0.29) is 24.5 Å². The van der Waals surface area contributed by atoms with Gasteiger partial charge >= 0.3 is 11.4 Å². The van der Waals surface area contributed by atoms with Crippen molar-refractivity contribution in [1.29, 1.82) is 0 Å². The molecule has 0 radical (unpaired) electrons. The molecule has 0 aliphatic carbocycles. The highest BCUT2D eigenvalue weighted by atomic mass is 28.4. The molecule has 6 unspecified atom stereocenters. The Bertz CT molecular complexity index is 1440. The lowest BCUT2D eigenvalue weighted by Gasteiger charge is -2.37. The molecule has 2 aliphatic heterocycles. The van der Waals surface area contributed by atoms with Crippen LogP contribution in [-0.4, -0.2) is 80.4 Å². The third-order valence-electron chi connectivity index (χ3n) is 7.92. The van der Waals surface area contributed by atoms with Crippen molar-refractivity contribution in [2.75, 3.05) is 13.2 Å². The van der Waals surface area contributed by atoms with Crippen LogP contribution in [-0.2, 0) is 13.9 Å². The number of aryl methyl sites for hydroxylation is 2. The van der Waals surface area contributed by atoms with Crippen molar-refractivity contribution in [3.8, 4) is 0 Å². The second-order valence-corrected chi connectivity index (χ2v) is 16.9. The third-order valence-corrected chi connectivity index (χ3v) is 12.4. The highest BCUT2D eigenvalue weighted by molar-refractivity contribution is 6.74. The van der Waals surface area contributed by atoms with Gasteiger partial charge in [-0.3, -0.25) is 28.7 Å². The highest BCUT2D eigenvalue weighted by Gasteiger charge is 2.41. The summed E-state index contributed by atoms with van der Waals surface area (Å²) in [6.45, 7) is 13.9. The van der Waals surface area contributed by atoms with E-state index >= 15 is 0 Å². The zero-order chi connectivity index (χ0) is 30.9. The summed E-state index contributed by atoms with van der Waals surface area (Å²) >= 11 is 0. The van der Waals surface area contributed by atoms with Crippen LogP contribution < -0.4 is 22.5 Å². The first-order valence-corrected chi connectivity index (χ1v) is 16.4. The molecule has 2 aromatic heterocycles. The maximum absolute atomic E-state index is 12.0. The standard InChI is InChI=1S/C16H28N2O5Si.C10H14N2O5/c1-10-8-18(15(21)17-14(10)20)13-7-11(19)12(23-13)9-22-24(5,6)16(2,3)4;1-5-3-12(10(16)11-9(5)15)8-2-6(14)7(4-13)17-8/h8,11-13,19H,7,9H2,1-6H3,(H,17,20,21);3,6-8,13-14H,2,4H2,1H3,(H,11,15,16). The van der Waals surface area contributed by atoms with Gasteiger partial charge in [0.2, 0.25) is 0 Å². The first kappa shape index (κ1) is 32.8. The van der Waals surface area contributed by atoms with Gasteiger partial charge in [-0.2, -0.15) is 0 Å². The van der Waals surface area contributed by atoms with Gasteiger partial charge in [-0.05, 0) is 32.0 Å². The Morgan fingerprint density at radius 3 is 1.68 bits per heavy atom. The van der Waals surface area contributed by atoms with E-state index in [4.69, 9.17) is 19.0 Å². The van der Waals surface area contributed by atoms with Gasteiger partial charge in [0.15, 0.2) is 8.32 Å². The number of nitrogens with one attached hydrogen (secondary N) is 2. The topological polar surface area (TPSA) is 198 Å². The summed E-state index contributed by atoms with van der Waals surface area (Å²) in [5.74, 6) is 0. The predicted octanol–water partition coefficient (Wildman–Crippen LogP) is 0.000940. The van der Waals surface area contributed by atoms with Gasteiger partial charge in [0.05, 0.1) is 25.4 Å². The number of hydrogen-bond donors (Lipinski definition) is 5. The zero-order valence-electron chi connectivity index (χ0n) is 24.5. The van der Waals surface area contributed by atoms with Gasteiger partial charge < -0.3 is 29.2 Å². The van der Waals surface area contributed by atoms with Crippen molar-refractivity contribution in [2.45, 2.75) is 102 Å². The van der Waals surface area contributed by atoms with E-state index in [1.807, 2.05) is 0 Å². The monoisotopic (exact) mass is 598 g/mol. The quantitative estimate of drug-likeness (QED) is 0.282. The van der Waals surface area contributed by atoms with Crippen molar-refractivity contribution < 1.29 is 29.2 Å². The molecule has 4 heterocycles. The number of ether oxygens (including phenoxy) is 2. The summed E-state index contributed by atoms with van der Waals surface area (Å²) in [5.41, 5.74) is -1.16. The number of rotatable bonds is 6. The van der Waals surface area contributed by atoms with E-state index < -0.39 is 67.7 Å². The van der Waals surface area contributed by atoms with Crippen molar-refractivity contribution in [3.05, 3.63) is 65.2 Å². The number of aromatic nitrogens is 4. The third kappa shape index (κ3) is 7.60. The van der Waals surface area contributed by atoms with Crippen LogP contribution >= 0.6 is 0 Å². The second kappa shape index (κ2) is 12.7. The minimum absolute atomic E-state index is 0.0723. The van der Waals surface area contributed by atoms with Crippen LogP contribution in [0.3, 0.4) is 0 Å². The van der Waals surface area contributed by atoms with Crippen molar-refractivity contribution in [2.24, 2.45) is 0 Å². The maximum atomic E-state index is 12.0. The number of nitrogens with zero attached hydrogens (tertiary/aromatic N) is 2. The van der Waals surface area contributed by atoms with Crippen LogP contribution in [0.15, 0.2) is 31.6 Å². The first-order chi connectivity index (χ1) is 18.9. The lowest BCUT2D eigenvalue weighted by molar-refractivity contribution is -0.0459. The van der Waals surface area contributed by atoms with E-state index in [2.05, 4.69) is 43.8 Å². The summed E-state index contributed by atoms with van der Waals surface area (Å²) in [6.07, 6.45) is -0.617. The van der Waals surface area contributed by atoms with Crippen LogP contribution in [0.2, 0.25) is 18.1 Å². The zero-order valence-corrected chi connectivity index (χ0v) is 25.5. The lowest BCUT2D eigenvalue weighted by atomic mass is 10.2. The summed E-state index contributed by atoms with van der Waals surface area (Å²) in [5, 5.41) is 28.8. The Kier molecular flexibility index (Phi) is 10.2. The summed E-state index contributed by atoms with van der Waals surface area (Å²) in [4.78, 5) is 50.6. The van der Waals surface area contributed by atoms with Crippen molar-refractivity contribution in [3.63, 3.8) is 0 Å². The molecule has 4 rings (SSSR count). The number of aliphatic hydroxyl groups is 3. The Morgan fingerprint density at radius 1 is 0.878 bits per heavy atom. The number of hydrogen-bond acceptors (Lipinski definition) is 10. The Balaban J connectivity index is 0.000000239. The molecule has 0 bridgehead atoms. The molecule has 2 saturated heterocycles. The van der Waals surface area contributed by atoms with E-state index in [0.717, 1.165) is 0 Å². The van der Waals surface area contributed by atoms with E-state index in [1.54, 1.807) is 13.8 Å². The molecule has 14 nitrogen and oxygen atoms in total. The maximum Gasteiger partial charge on any atom is 0.330 e. The minimum Gasteiger partial charge on any atom is -0.414 e. The molecule has 6 atom stereocenters. The molecule has 2 aromatic rings. The number of aromatic amines is 2. The normalized spacial score (nSPS) is 26.6. The Labute approximate surface area is 237 Å². The summed E-state index contributed by atoms with van der Waals surface area (Å²) in [7, 11) is -1.94. The molecule has 0 aromatic carbocycles. The van der Waals surface area contributed by atoms with E-state index in [0.29, 0.717) is 17.7 Å². The van der Waals surface area contributed by atoms with Crippen molar-refractivity contribution in [1.82, 2.24) is 19.1 Å². The van der Waals surface area contributed by atoms with E-state index in [1.165, 1.54) is 21.5 Å². The molecule has 5 N–H and O–H groups in total. The molecular formula is C26H42N4O10Si. The predicted molar refractivity (Wildman–Crippen MR) is 151 cm³/mol. The largest absolute Gasteiger partial charge is 0.414 e. The summed E-state index contributed by atoms with van der Waals surface area (Å²) < 4.78 is 19.8. The lowest BCUT2D eigenvalue weighted by Crippen LogP contribution is -2.43. The van der Waals surface area contributed by atoms with Crippen LogP contribution in [0, 0.1) is 13.8 Å². The SMILES string of the molecule is Cc1cn(C2CC(O)C(CO)O2)c(=O)[nH]c1=O.Cc1cn(C2CC(O)C(CO[Si](C)(C)C(C)(C)C)O2)c(=O)[nH]c1=O. The van der Waals surface area contributed by atoms with Crippen LogP contribution in [0.25, 0.3) is 0 Å². The fourth-order valence-electron chi connectivity index (χ4n) is 4.19. The average molecular weight is 599 g/mol. The molecule has 41 heavy (non-hydrogen) atoms. The molecule has 0 saturated carbocycles. The average Bonchev–Trinajstić information content (AvgIpc) is 3.43. The second-order valence-electron chi connectivity index (χ2n) is 12.1. The van der Waals surface area contributed by atoms with E-state index in [9.17, 15) is 29.4 Å². The molecule has 0 spiro atoms. The minimum atomic E-state index is -1.94. The Hall–Kier alpha value is -2.66. The fourth-order valence-corrected chi connectivity index (χ4v) is 5.21. The molecule has 2 fully saturated rings. The summed E-state index contributed by atoms with van der Waals surface area (Å²) in [6, 6.07) is 0.